The van der Waals surface area contributed by atoms with Gasteiger partial charge < -0.3 is 19.1 Å². The molecule has 3 heterocycles. The molecule has 1 fully saturated rings. The summed E-state index contributed by atoms with van der Waals surface area (Å²) < 4.78 is 18.1. The molecule has 0 saturated carbocycles. The lowest BCUT2D eigenvalue weighted by molar-refractivity contribution is 0.207. The van der Waals surface area contributed by atoms with Crippen molar-refractivity contribution in [2.24, 2.45) is 0 Å². The molecule has 0 spiro atoms. The van der Waals surface area contributed by atoms with Gasteiger partial charge in [0.1, 0.15) is 5.75 Å². The second-order valence-corrected chi connectivity index (χ2v) is 10.0. The Morgan fingerprint density at radius 3 is 2.72 bits per heavy atom. The Bertz CT molecular complexity index is 1250. The van der Waals surface area contributed by atoms with Crippen LogP contribution < -0.4 is 14.4 Å². The molecule has 0 atom stereocenters. The van der Waals surface area contributed by atoms with Gasteiger partial charge in [0.25, 0.3) is 0 Å². The fourth-order valence-corrected chi connectivity index (χ4v) is 5.46. The number of pyridine rings is 1. The summed E-state index contributed by atoms with van der Waals surface area (Å²) >= 11 is 1.82. The quantitative estimate of drug-likeness (QED) is 0.232. The number of hydrogen-bond donors (Lipinski definition) is 0. The molecule has 7 heteroatoms. The number of rotatable bonds is 12. The van der Waals surface area contributed by atoms with E-state index in [0.29, 0.717) is 25.7 Å². The molecule has 2 aromatic heterocycles. The number of piperazine rings is 1. The molecule has 1 saturated heterocycles. The standard InChI is InChI=1S/C29H34N3O3S/c1-33-18-5-20-35-29-11-9-23-8-10-24(22-26(23)30-29)34-19-3-2-13-31-14-16-32(17-15-31)27-6-4-7-28-25(27)12-21-36-28/h4-12,21-22H,2-3,13-20H2,1H3. The minimum absolute atomic E-state index is 0.475. The van der Waals surface area contributed by atoms with Crippen LogP contribution in [0.5, 0.6) is 11.6 Å². The van der Waals surface area contributed by atoms with Crippen molar-refractivity contribution in [2.45, 2.75) is 12.8 Å². The fourth-order valence-electron chi connectivity index (χ4n) is 4.65. The van der Waals surface area contributed by atoms with E-state index in [0.717, 1.165) is 62.2 Å². The van der Waals surface area contributed by atoms with Crippen LogP contribution in [0.15, 0.2) is 60.0 Å². The van der Waals surface area contributed by atoms with E-state index in [1.165, 1.54) is 15.8 Å². The number of aromatic nitrogens is 1. The topological polar surface area (TPSA) is 47.1 Å². The van der Waals surface area contributed by atoms with Crippen LogP contribution in [-0.4, -0.2) is 69.5 Å². The predicted molar refractivity (Wildman–Crippen MR) is 149 cm³/mol. The number of unbranched alkanes of at least 4 members (excludes halogenated alkanes) is 1. The molecule has 1 radical (unpaired) electrons. The van der Waals surface area contributed by atoms with Gasteiger partial charge in [0.15, 0.2) is 0 Å². The number of fused-ring (bicyclic) bond motifs is 2. The number of methoxy groups -OCH3 is 1. The molecule has 1 aliphatic heterocycles. The van der Waals surface area contributed by atoms with Crippen LogP contribution in [0.2, 0.25) is 0 Å². The average molecular weight is 505 g/mol. The summed E-state index contributed by atoms with van der Waals surface area (Å²) in [5, 5.41) is 4.66. The third-order valence-corrected chi connectivity index (χ3v) is 7.48. The van der Waals surface area contributed by atoms with E-state index in [-0.39, 0.29) is 0 Å². The van der Waals surface area contributed by atoms with Crippen LogP contribution >= 0.6 is 11.3 Å². The van der Waals surface area contributed by atoms with E-state index >= 15 is 0 Å². The van der Waals surface area contributed by atoms with Crippen molar-refractivity contribution in [3.05, 3.63) is 66.4 Å². The van der Waals surface area contributed by atoms with Crippen molar-refractivity contribution in [1.29, 1.82) is 0 Å². The first-order valence-electron chi connectivity index (χ1n) is 12.7. The lowest BCUT2D eigenvalue weighted by Crippen LogP contribution is -2.46. The number of nitrogens with zero attached hydrogens (tertiary/aromatic N) is 3. The highest BCUT2D eigenvalue weighted by Crippen LogP contribution is 2.31. The number of anilines is 1. The van der Waals surface area contributed by atoms with Gasteiger partial charge in [-0.2, -0.15) is 0 Å². The predicted octanol–water partition coefficient (Wildman–Crippen LogP) is 5.66. The maximum atomic E-state index is 6.04. The van der Waals surface area contributed by atoms with Gasteiger partial charge in [-0.1, -0.05) is 6.07 Å². The van der Waals surface area contributed by atoms with Crippen LogP contribution in [0, 0.1) is 6.42 Å². The Hall–Kier alpha value is -2.87. The molecule has 6 nitrogen and oxygen atoms in total. The first-order chi connectivity index (χ1) is 17.8. The van der Waals surface area contributed by atoms with Crippen molar-refractivity contribution in [1.82, 2.24) is 9.88 Å². The van der Waals surface area contributed by atoms with E-state index in [2.05, 4.69) is 50.5 Å². The summed E-state index contributed by atoms with van der Waals surface area (Å²) in [5.74, 6) is 1.47. The summed E-state index contributed by atoms with van der Waals surface area (Å²) in [6.45, 7) is 7.29. The van der Waals surface area contributed by atoms with Crippen LogP contribution in [0.25, 0.3) is 21.0 Å². The Balaban J connectivity index is 1.03. The summed E-state index contributed by atoms with van der Waals surface area (Å²) in [4.78, 5) is 9.73. The molecule has 36 heavy (non-hydrogen) atoms. The van der Waals surface area contributed by atoms with E-state index in [9.17, 15) is 0 Å². The molecule has 2 aromatic carbocycles. The molecular formula is C29H34N3O3S. The number of hydrogen-bond acceptors (Lipinski definition) is 7. The maximum Gasteiger partial charge on any atom is 0.213 e. The van der Waals surface area contributed by atoms with Gasteiger partial charge in [-0.3, -0.25) is 4.90 Å². The highest BCUT2D eigenvalue weighted by molar-refractivity contribution is 7.17. The minimum Gasteiger partial charge on any atom is -0.494 e. The second kappa shape index (κ2) is 12.4. The van der Waals surface area contributed by atoms with Gasteiger partial charge >= 0.3 is 0 Å². The third kappa shape index (κ3) is 6.27. The highest BCUT2D eigenvalue weighted by atomic mass is 32.1. The summed E-state index contributed by atoms with van der Waals surface area (Å²) in [5.41, 5.74) is 2.27. The highest BCUT2D eigenvalue weighted by Gasteiger charge is 2.18. The number of thiophene rings is 1. The van der Waals surface area contributed by atoms with Crippen LogP contribution in [0.1, 0.15) is 12.8 Å². The van der Waals surface area contributed by atoms with E-state index in [1.807, 2.05) is 42.0 Å². The summed E-state index contributed by atoms with van der Waals surface area (Å²) in [7, 11) is 1.67. The van der Waals surface area contributed by atoms with Gasteiger partial charge in [0, 0.05) is 73.0 Å². The number of benzene rings is 2. The fraction of sp³-hybridized carbons (Fsp3) is 0.379. The molecule has 1 aliphatic rings. The van der Waals surface area contributed by atoms with Crippen molar-refractivity contribution in [3.63, 3.8) is 0 Å². The van der Waals surface area contributed by atoms with Gasteiger partial charge in [-0.05, 0) is 61.2 Å². The minimum atomic E-state index is 0.475. The Morgan fingerprint density at radius 2 is 1.83 bits per heavy atom. The monoisotopic (exact) mass is 504 g/mol. The van der Waals surface area contributed by atoms with Crippen molar-refractivity contribution < 1.29 is 14.2 Å². The Kier molecular flexibility index (Phi) is 8.54. The molecule has 0 N–H and O–H groups in total. The average Bonchev–Trinajstić information content (AvgIpc) is 3.40. The molecule has 189 valence electrons. The molecule has 0 unspecified atom stereocenters. The van der Waals surface area contributed by atoms with Crippen molar-refractivity contribution in [3.8, 4) is 11.6 Å². The third-order valence-electron chi connectivity index (χ3n) is 6.59. The van der Waals surface area contributed by atoms with E-state index < -0.39 is 0 Å². The zero-order valence-corrected chi connectivity index (χ0v) is 21.7. The zero-order valence-electron chi connectivity index (χ0n) is 20.9. The van der Waals surface area contributed by atoms with Crippen LogP contribution in [0.4, 0.5) is 5.69 Å². The molecule has 0 amide bonds. The normalized spacial score (nSPS) is 14.5. The lowest BCUT2D eigenvalue weighted by atomic mass is 10.2. The van der Waals surface area contributed by atoms with Crippen LogP contribution in [-0.2, 0) is 4.74 Å². The summed E-state index contributed by atoms with van der Waals surface area (Å²) in [6, 6.07) is 18.9. The largest absolute Gasteiger partial charge is 0.494 e. The zero-order chi connectivity index (χ0) is 24.6. The molecule has 0 aliphatic carbocycles. The molecule has 4 aromatic rings. The van der Waals surface area contributed by atoms with Gasteiger partial charge in [0.2, 0.25) is 5.88 Å². The van der Waals surface area contributed by atoms with Crippen molar-refractivity contribution in [2.75, 3.05) is 64.6 Å². The first-order valence-corrected chi connectivity index (χ1v) is 13.6. The van der Waals surface area contributed by atoms with Gasteiger partial charge in [0.05, 0.1) is 25.3 Å². The SMILES string of the molecule is COC[CH]COc1ccc2ccc(OCCCCN3CCN(c4cccc5sccc45)CC3)cc2n1. The summed E-state index contributed by atoms with van der Waals surface area (Å²) in [6.07, 6.45) is 4.11. The van der Waals surface area contributed by atoms with Gasteiger partial charge in [-0.15, -0.1) is 11.3 Å². The molecule has 5 rings (SSSR count). The molecule has 0 bridgehead atoms. The van der Waals surface area contributed by atoms with Gasteiger partial charge in [-0.25, -0.2) is 4.98 Å². The van der Waals surface area contributed by atoms with Crippen LogP contribution in [0.3, 0.4) is 0 Å². The Morgan fingerprint density at radius 1 is 0.944 bits per heavy atom. The lowest BCUT2D eigenvalue weighted by Gasteiger charge is -2.36. The van der Waals surface area contributed by atoms with E-state index in [4.69, 9.17) is 14.2 Å². The Labute approximate surface area is 217 Å². The smallest absolute Gasteiger partial charge is 0.213 e. The second-order valence-electron chi connectivity index (χ2n) is 9.05. The van der Waals surface area contributed by atoms with E-state index in [1.54, 1.807) is 7.11 Å². The maximum absolute atomic E-state index is 6.04. The first kappa shape index (κ1) is 24.8. The molecular weight excluding hydrogens is 470 g/mol. The van der Waals surface area contributed by atoms with Crippen molar-refractivity contribution >= 4 is 38.0 Å². The number of ether oxygens (including phenoxy) is 3.